The summed E-state index contributed by atoms with van der Waals surface area (Å²) >= 11 is 0. The maximum Gasteiger partial charge on any atom is 0.157 e. The quantitative estimate of drug-likeness (QED) is 0.896. The highest BCUT2D eigenvalue weighted by atomic mass is 16.1. The maximum atomic E-state index is 11.8. The molecule has 0 unspecified atom stereocenters. The van der Waals surface area contributed by atoms with Crippen molar-refractivity contribution in [1.82, 2.24) is 10.6 Å². The molecule has 3 rings (SSSR count). The van der Waals surface area contributed by atoms with Crippen LogP contribution in [0.3, 0.4) is 0 Å². The molecule has 1 aromatic carbocycles. The fourth-order valence-electron chi connectivity index (χ4n) is 3.47. The lowest BCUT2D eigenvalue weighted by molar-refractivity contribution is -0.117. The number of nitrogens with one attached hydrogen (secondary N) is 2. The molecule has 2 aliphatic rings. The molecule has 3 heteroatoms. The van der Waals surface area contributed by atoms with Crippen LogP contribution in [0.5, 0.6) is 0 Å². The number of hydrogen-bond donors (Lipinski definition) is 2. The molecule has 1 heterocycles. The normalized spacial score (nSPS) is 24.2. The van der Waals surface area contributed by atoms with Crippen LogP contribution in [0, 0.1) is 5.41 Å². The van der Waals surface area contributed by atoms with Crippen LogP contribution in [0.25, 0.3) is 0 Å². The van der Waals surface area contributed by atoms with E-state index in [-0.39, 0.29) is 11.2 Å². The molecule has 112 valence electrons. The van der Waals surface area contributed by atoms with Gasteiger partial charge in [-0.2, -0.15) is 0 Å². The van der Waals surface area contributed by atoms with Crippen molar-refractivity contribution in [3.05, 3.63) is 47.2 Å². The molecule has 3 nitrogen and oxygen atoms in total. The Morgan fingerprint density at radius 1 is 1.29 bits per heavy atom. The minimum atomic E-state index is 0.0755. The molecule has 1 atom stereocenters. The first-order valence-corrected chi connectivity index (χ1v) is 7.82. The molecule has 1 aromatic rings. The van der Waals surface area contributed by atoms with Crippen molar-refractivity contribution < 1.29 is 4.79 Å². The van der Waals surface area contributed by atoms with E-state index in [4.69, 9.17) is 0 Å². The Morgan fingerprint density at radius 3 is 2.90 bits per heavy atom. The number of benzene rings is 1. The summed E-state index contributed by atoms with van der Waals surface area (Å²) in [6.07, 6.45) is 4.50. The summed E-state index contributed by atoms with van der Waals surface area (Å²) < 4.78 is 0. The molecule has 2 N–H and O–H groups in total. The summed E-state index contributed by atoms with van der Waals surface area (Å²) in [5.41, 5.74) is 3.99. The van der Waals surface area contributed by atoms with Gasteiger partial charge in [-0.05, 0) is 35.9 Å². The molecule has 0 fully saturated rings. The van der Waals surface area contributed by atoms with E-state index >= 15 is 0 Å². The molecular formula is C18H24N2O. The number of allylic oxidation sites excluding steroid dienone is 2. The first kappa shape index (κ1) is 14.3. The largest absolute Gasteiger partial charge is 0.386 e. The van der Waals surface area contributed by atoms with Gasteiger partial charge in [-0.25, -0.2) is 0 Å². The average Bonchev–Trinajstić information content (AvgIpc) is 2.43. The number of ketones is 1. The molecule has 1 aliphatic carbocycles. The molecular weight excluding hydrogens is 260 g/mol. The van der Waals surface area contributed by atoms with Crippen molar-refractivity contribution >= 4 is 5.78 Å². The third-order valence-corrected chi connectivity index (χ3v) is 4.41. The van der Waals surface area contributed by atoms with Crippen molar-refractivity contribution in [2.45, 2.75) is 39.2 Å². The molecule has 0 spiro atoms. The van der Waals surface area contributed by atoms with Crippen LogP contribution in [0.2, 0.25) is 0 Å². The molecule has 21 heavy (non-hydrogen) atoms. The summed E-state index contributed by atoms with van der Waals surface area (Å²) in [7, 11) is 0. The van der Waals surface area contributed by atoms with Crippen LogP contribution < -0.4 is 10.6 Å². The lowest BCUT2D eigenvalue weighted by Gasteiger charge is -2.32. The van der Waals surface area contributed by atoms with Crippen LogP contribution in [0.1, 0.15) is 43.9 Å². The first-order chi connectivity index (χ1) is 10.0. The number of fused-ring (bicyclic) bond motifs is 1. The van der Waals surface area contributed by atoms with Crippen molar-refractivity contribution in [1.29, 1.82) is 0 Å². The highest BCUT2D eigenvalue weighted by Crippen LogP contribution is 2.32. The van der Waals surface area contributed by atoms with Gasteiger partial charge in [-0.15, -0.1) is 0 Å². The van der Waals surface area contributed by atoms with Crippen LogP contribution in [-0.2, 0) is 11.2 Å². The topological polar surface area (TPSA) is 41.1 Å². The lowest BCUT2D eigenvalue weighted by atomic mass is 9.79. The Kier molecular flexibility index (Phi) is 3.85. The van der Waals surface area contributed by atoms with E-state index < -0.39 is 0 Å². The van der Waals surface area contributed by atoms with Crippen LogP contribution in [0.4, 0.5) is 0 Å². The molecule has 0 radical (unpaired) electrons. The fourth-order valence-corrected chi connectivity index (χ4v) is 3.47. The van der Waals surface area contributed by atoms with Crippen molar-refractivity contribution in [2.75, 3.05) is 13.1 Å². The Bertz CT molecular complexity index is 574. The summed E-state index contributed by atoms with van der Waals surface area (Å²) in [4.78, 5) is 11.8. The van der Waals surface area contributed by atoms with Crippen LogP contribution in [-0.4, -0.2) is 18.9 Å². The van der Waals surface area contributed by atoms with Crippen molar-refractivity contribution in [3.63, 3.8) is 0 Å². The van der Waals surface area contributed by atoms with Gasteiger partial charge in [0.1, 0.15) is 0 Å². The summed E-state index contributed by atoms with van der Waals surface area (Å²) in [6.45, 7) is 6.18. The Hall–Kier alpha value is -1.61. The zero-order chi connectivity index (χ0) is 14.9. The van der Waals surface area contributed by atoms with Gasteiger partial charge in [-0.3, -0.25) is 4.79 Å². The van der Waals surface area contributed by atoms with E-state index in [1.165, 1.54) is 11.1 Å². The number of carbonyl (C=O) groups is 1. The third-order valence-electron chi connectivity index (χ3n) is 4.41. The van der Waals surface area contributed by atoms with Gasteiger partial charge in [0.05, 0.1) is 0 Å². The average molecular weight is 284 g/mol. The van der Waals surface area contributed by atoms with E-state index in [0.29, 0.717) is 12.5 Å². The van der Waals surface area contributed by atoms with Gasteiger partial charge in [0.25, 0.3) is 0 Å². The molecule has 0 aromatic heterocycles. The highest BCUT2D eigenvalue weighted by Gasteiger charge is 2.28. The maximum absolute atomic E-state index is 11.8. The Labute approximate surface area is 126 Å². The van der Waals surface area contributed by atoms with E-state index in [2.05, 4.69) is 48.7 Å². The van der Waals surface area contributed by atoms with Crippen molar-refractivity contribution in [2.24, 2.45) is 5.41 Å². The molecule has 1 aliphatic heterocycles. The second-order valence-corrected chi connectivity index (χ2v) is 6.99. The molecule has 0 saturated carbocycles. The first-order valence-electron chi connectivity index (χ1n) is 7.82. The SMILES string of the molecule is CC1(C)CC(=O)C=C(NC[C@H]2NCCc3ccccc32)C1. The van der Waals surface area contributed by atoms with E-state index in [0.717, 1.165) is 31.6 Å². The van der Waals surface area contributed by atoms with Gasteiger partial charge in [0.15, 0.2) is 5.78 Å². The number of rotatable bonds is 3. The minimum absolute atomic E-state index is 0.0755. The van der Waals surface area contributed by atoms with E-state index in [1.807, 2.05) is 0 Å². The fraction of sp³-hybridized carbons (Fsp3) is 0.500. The van der Waals surface area contributed by atoms with Crippen molar-refractivity contribution in [3.8, 4) is 0 Å². The second-order valence-electron chi connectivity index (χ2n) is 6.99. The molecule has 0 saturated heterocycles. The van der Waals surface area contributed by atoms with Crippen LogP contribution in [0.15, 0.2) is 36.0 Å². The van der Waals surface area contributed by atoms with Gasteiger partial charge in [0, 0.05) is 30.8 Å². The summed E-state index contributed by atoms with van der Waals surface area (Å²) in [5, 5.41) is 7.07. The van der Waals surface area contributed by atoms with E-state index in [1.54, 1.807) is 6.08 Å². The zero-order valence-electron chi connectivity index (χ0n) is 12.9. The summed E-state index contributed by atoms with van der Waals surface area (Å²) in [6, 6.07) is 8.97. The van der Waals surface area contributed by atoms with Gasteiger partial charge in [0.2, 0.25) is 0 Å². The zero-order valence-corrected chi connectivity index (χ0v) is 12.9. The Balaban J connectivity index is 1.68. The molecule has 0 amide bonds. The standard InChI is InChI=1S/C18H24N2O/c1-18(2)10-14(9-15(21)11-18)20-12-17-16-6-4-3-5-13(16)7-8-19-17/h3-6,9,17,19-20H,7-8,10-12H2,1-2H3/t17-/m1/s1. The lowest BCUT2D eigenvalue weighted by Crippen LogP contribution is -2.38. The van der Waals surface area contributed by atoms with Crippen LogP contribution >= 0.6 is 0 Å². The highest BCUT2D eigenvalue weighted by molar-refractivity contribution is 5.91. The van der Waals surface area contributed by atoms with Gasteiger partial charge < -0.3 is 10.6 Å². The smallest absolute Gasteiger partial charge is 0.157 e. The summed E-state index contributed by atoms with van der Waals surface area (Å²) in [5.74, 6) is 0.241. The monoisotopic (exact) mass is 284 g/mol. The van der Waals surface area contributed by atoms with E-state index in [9.17, 15) is 4.79 Å². The predicted molar refractivity (Wildman–Crippen MR) is 85.0 cm³/mol. The van der Waals surface area contributed by atoms with Gasteiger partial charge >= 0.3 is 0 Å². The van der Waals surface area contributed by atoms with Gasteiger partial charge in [-0.1, -0.05) is 38.1 Å². The third kappa shape index (κ3) is 3.35. The molecule has 0 bridgehead atoms. The Morgan fingerprint density at radius 2 is 2.10 bits per heavy atom. The minimum Gasteiger partial charge on any atom is -0.386 e. The number of hydrogen-bond acceptors (Lipinski definition) is 3. The second kappa shape index (κ2) is 5.64. The number of carbonyl (C=O) groups excluding carboxylic acids is 1. The predicted octanol–water partition coefficient (Wildman–Crippen LogP) is 2.74.